The van der Waals surface area contributed by atoms with Crippen LogP contribution in [0, 0.1) is 0 Å². The third-order valence-electron chi connectivity index (χ3n) is 3.12. The van der Waals surface area contributed by atoms with Crippen LogP contribution in [0.3, 0.4) is 0 Å². The van der Waals surface area contributed by atoms with Gasteiger partial charge >= 0.3 is 0 Å². The Bertz CT molecular complexity index is 789. The maximum absolute atomic E-state index is 12.0. The molecule has 2 aromatic carbocycles. The summed E-state index contributed by atoms with van der Waals surface area (Å²) in [4.78, 5) is 16.3. The summed E-state index contributed by atoms with van der Waals surface area (Å²) in [5, 5.41) is 3.87. The highest BCUT2D eigenvalue weighted by Crippen LogP contribution is 2.20. The maximum Gasteiger partial charge on any atom is 0.248 e. The molecule has 0 aliphatic rings. The van der Waals surface area contributed by atoms with E-state index in [-0.39, 0.29) is 5.91 Å². The van der Waals surface area contributed by atoms with Gasteiger partial charge in [0.05, 0.1) is 11.2 Å². The molecule has 0 radical (unpaired) electrons. The van der Waals surface area contributed by atoms with Gasteiger partial charge in [-0.15, -0.1) is 0 Å². The highest BCUT2D eigenvalue weighted by Gasteiger charge is 2.03. The number of rotatable bonds is 3. The highest BCUT2D eigenvalue weighted by atomic mass is 16.1. The third kappa shape index (κ3) is 3.15. The van der Waals surface area contributed by atoms with Crippen molar-refractivity contribution in [3.05, 3.63) is 78.5 Å². The van der Waals surface area contributed by atoms with E-state index in [1.807, 2.05) is 60.7 Å². The van der Waals surface area contributed by atoms with Gasteiger partial charge in [0.15, 0.2) is 0 Å². The molecule has 1 N–H and O–H groups in total. The summed E-state index contributed by atoms with van der Waals surface area (Å²) >= 11 is 0. The molecule has 102 valence electrons. The molecule has 1 aromatic heterocycles. The molecule has 3 aromatic rings. The van der Waals surface area contributed by atoms with Crippen LogP contribution in [0.4, 0.5) is 5.69 Å². The number of amides is 1. The van der Waals surface area contributed by atoms with E-state index >= 15 is 0 Å². The molecule has 3 heteroatoms. The minimum atomic E-state index is -0.169. The molecule has 1 heterocycles. The lowest BCUT2D eigenvalue weighted by Gasteiger charge is -2.05. The number of benzene rings is 2. The molecule has 0 bridgehead atoms. The SMILES string of the molecule is O=C(C=Cc1ccccc1)Nc1cccc2cccnc12. The van der Waals surface area contributed by atoms with Crippen LogP contribution in [-0.2, 0) is 4.79 Å². The van der Waals surface area contributed by atoms with Crippen molar-refractivity contribution in [1.82, 2.24) is 4.98 Å². The molecule has 21 heavy (non-hydrogen) atoms. The van der Waals surface area contributed by atoms with Gasteiger partial charge in [-0.3, -0.25) is 9.78 Å². The highest BCUT2D eigenvalue weighted by molar-refractivity contribution is 6.06. The third-order valence-corrected chi connectivity index (χ3v) is 3.12. The number of hydrogen-bond acceptors (Lipinski definition) is 2. The van der Waals surface area contributed by atoms with Crippen molar-refractivity contribution in [2.75, 3.05) is 5.32 Å². The number of pyridine rings is 1. The Morgan fingerprint density at radius 3 is 2.62 bits per heavy atom. The second-order valence-electron chi connectivity index (χ2n) is 4.61. The van der Waals surface area contributed by atoms with Crippen LogP contribution < -0.4 is 5.32 Å². The van der Waals surface area contributed by atoms with E-state index in [1.54, 1.807) is 12.3 Å². The monoisotopic (exact) mass is 274 g/mol. The molecule has 0 fully saturated rings. The first kappa shape index (κ1) is 13.1. The number of aromatic nitrogens is 1. The number of hydrogen-bond donors (Lipinski definition) is 1. The van der Waals surface area contributed by atoms with Crippen molar-refractivity contribution in [2.45, 2.75) is 0 Å². The molecule has 0 spiro atoms. The summed E-state index contributed by atoms with van der Waals surface area (Å²) in [6.07, 6.45) is 5.03. The van der Waals surface area contributed by atoms with Crippen molar-refractivity contribution in [3.8, 4) is 0 Å². The van der Waals surface area contributed by atoms with Crippen LogP contribution in [0.15, 0.2) is 72.9 Å². The number of carbonyl (C=O) groups is 1. The molecule has 3 rings (SSSR count). The van der Waals surface area contributed by atoms with Crippen LogP contribution in [0.2, 0.25) is 0 Å². The van der Waals surface area contributed by atoms with Crippen LogP contribution in [0.1, 0.15) is 5.56 Å². The number of nitrogens with one attached hydrogen (secondary N) is 1. The molecule has 0 unspecified atom stereocenters. The van der Waals surface area contributed by atoms with Crippen molar-refractivity contribution < 1.29 is 4.79 Å². The molecule has 0 aliphatic heterocycles. The van der Waals surface area contributed by atoms with Crippen LogP contribution >= 0.6 is 0 Å². The summed E-state index contributed by atoms with van der Waals surface area (Å²) in [5.74, 6) is -0.169. The first-order valence-electron chi connectivity index (χ1n) is 6.71. The van der Waals surface area contributed by atoms with Crippen LogP contribution in [0.25, 0.3) is 17.0 Å². The fourth-order valence-electron chi connectivity index (χ4n) is 2.12. The average molecular weight is 274 g/mol. The average Bonchev–Trinajstić information content (AvgIpc) is 2.54. The Morgan fingerprint density at radius 1 is 0.952 bits per heavy atom. The lowest BCUT2D eigenvalue weighted by Crippen LogP contribution is -2.08. The van der Waals surface area contributed by atoms with Gasteiger partial charge in [-0.2, -0.15) is 0 Å². The molecular formula is C18H14N2O. The van der Waals surface area contributed by atoms with Crippen molar-refractivity contribution in [1.29, 1.82) is 0 Å². The topological polar surface area (TPSA) is 42.0 Å². The van der Waals surface area contributed by atoms with E-state index in [0.29, 0.717) is 0 Å². The lowest BCUT2D eigenvalue weighted by atomic mass is 10.2. The quantitative estimate of drug-likeness (QED) is 0.736. The Labute approximate surface area is 123 Å². The zero-order valence-corrected chi connectivity index (χ0v) is 11.4. The number of para-hydroxylation sites is 1. The molecule has 0 saturated heterocycles. The number of carbonyl (C=O) groups excluding carboxylic acids is 1. The summed E-state index contributed by atoms with van der Waals surface area (Å²) in [7, 11) is 0. The predicted octanol–water partition coefficient (Wildman–Crippen LogP) is 3.89. The largest absolute Gasteiger partial charge is 0.321 e. The van der Waals surface area contributed by atoms with Crippen LogP contribution in [-0.4, -0.2) is 10.9 Å². The number of nitrogens with zero attached hydrogens (tertiary/aromatic N) is 1. The summed E-state index contributed by atoms with van der Waals surface area (Å²) in [6.45, 7) is 0. The smallest absolute Gasteiger partial charge is 0.248 e. The summed E-state index contributed by atoms with van der Waals surface area (Å²) < 4.78 is 0. The van der Waals surface area contributed by atoms with Gasteiger partial charge in [-0.25, -0.2) is 0 Å². The van der Waals surface area contributed by atoms with Gasteiger partial charge in [-0.1, -0.05) is 48.5 Å². The van der Waals surface area contributed by atoms with Gasteiger partial charge in [-0.05, 0) is 23.8 Å². The van der Waals surface area contributed by atoms with E-state index in [4.69, 9.17) is 0 Å². The zero-order chi connectivity index (χ0) is 14.5. The van der Waals surface area contributed by atoms with Crippen LogP contribution in [0.5, 0.6) is 0 Å². The molecule has 0 aliphatic carbocycles. The summed E-state index contributed by atoms with van der Waals surface area (Å²) in [5.41, 5.74) is 2.50. The molecule has 0 atom stereocenters. The van der Waals surface area contributed by atoms with E-state index in [9.17, 15) is 4.79 Å². The van der Waals surface area contributed by atoms with Gasteiger partial charge < -0.3 is 5.32 Å². The normalized spacial score (nSPS) is 10.9. The first-order chi connectivity index (χ1) is 10.3. The fourth-order valence-corrected chi connectivity index (χ4v) is 2.12. The van der Waals surface area contributed by atoms with E-state index < -0.39 is 0 Å². The Morgan fingerprint density at radius 2 is 1.76 bits per heavy atom. The predicted molar refractivity (Wildman–Crippen MR) is 85.8 cm³/mol. The van der Waals surface area contributed by atoms with Crippen molar-refractivity contribution in [2.24, 2.45) is 0 Å². The molecule has 1 amide bonds. The lowest BCUT2D eigenvalue weighted by molar-refractivity contribution is -0.111. The maximum atomic E-state index is 12.0. The second kappa shape index (κ2) is 6.01. The molecule has 3 nitrogen and oxygen atoms in total. The Kier molecular flexibility index (Phi) is 3.74. The van der Waals surface area contributed by atoms with Crippen molar-refractivity contribution in [3.63, 3.8) is 0 Å². The zero-order valence-electron chi connectivity index (χ0n) is 11.4. The fraction of sp³-hybridized carbons (Fsp3) is 0. The minimum Gasteiger partial charge on any atom is -0.321 e. The molecule has 0 saturated carbocycles. The Balaban J connectivity index is 1.79. The van der Waals surface area contributed by atoms with Gasteiger partial charge in [0, 0.05) is 17.7 Å². The summed E-state index contributed by atoms with van der Waals surface area (Å²) in [6, 6.07) is 19.3. The van der Waals surface area contributed by atoms with E-state index in [0.717, 1.165) is 22.2 Å². The Hall–Kier alpha value is -2.94. The van der Waals surface area contributed by atoms with Gasteiger partial charge in [0.2, 0.25) is 5.91 Å². The van der Waals surface area contributed by atoms with E-state index in [2.05, 4.69) is 10.3 Å². The second-order valence-corrected chi connectivity index (χ2v) is 4.61. The molecular weight excluding hydrogens is 260 g/mol. The van der Waals surface area contributed by atoms with Gasteiger partial charge in [0.1, 0.15) is 0 Å². The standard InChI is InChI=1S/C18H14N2O/c21-17(12-11-14-6-2-1-3-7-14)20-16-10-4-8-15-9-5-13-19-18(15)16/h1-13H,(H,20,21). The van der Waals surface area contributed by atoms with Gasteiger partial charge in [0.25, 0.3) is 0 Å². The first-order valence-corrected chi connectivity index (χ1v) is 6.71. The minimum absolute atomic E-state index is 0.169. The van der Waals surface area contributed by atoms with Crippen molar-refractivity contribution >= 4 is 28.6 Å². The van der Waals surface area contributed by atoms with E-state index in [1.165, 1.54) is 6.08 Å². The number of fused-ring (bicyclic) bond motifs is 1. The number of anilines is 1.